The van der Waals surface area contributed by atoms with Crippen LogP contribution >= 0.6 is 0 Å². The van der Waals surface area contributed by atoms with Gasteiger partial charge in [-0.3, -0.25) is 4.79 Å². The standard InChI is InChI=1S/C15H28O4/c1-7-15(6,10-8-9-11(2)3)17-12(16)14(4,5)13-18-19-13/h11,13H,7-10H2,1-6H3. The summed E-state index contributed by atoms with van der Waals surface area (Å²) in [6, 6.07) is 0. The van der Waals surface area contributed by atoms with Crippen molar-refractivity contribution in [3.63, 3.8) is 0 Å². The molecule has 1 aliphatic rings. The lowest BCUT2D eigenvalue weighted by atomic mass is 9.90. The fourth-order valence-electron chi connectivity index (χ4n) is 1.90. The molecule has 1 saturated heterocycles. The van der Waals surface area contributed by atoms with E-state index in [0.717, 1.165) is 25.7 Å². The Labute approximate surface area is 116 Å². The van der Waals surface area contributed by atoms with Gasteiger partial charge in [0.1, 0.15) is 11.0 Å². The topological polar surface area (TPSA) is 51.4 Å². The van der Waals surface area contributed by atoms with Crippen molar-refractivity contribution in [1.29, 1.82) is 0 Å². The molecule has 0 amide bonds. The molecule has 4 nitrogen and oxygen atoms in total. The van der Waals surface area contributed by atoms with Gasteiger partial charge in [-0.1, -0.05) is 27.2 Å². The van der Waals surface area contributed by atoms with Crippen LogP contribution < -0.4 is 0 Å². The number of hydrogen-bond acceptors (Lipinski definition) is 4. The lowest BCUT2D eigenvalue weighted by molar-refractivity contribution is -0.171. The van der Waals surface area contributed by atoms with E-state index < -0.39 is 17.3 Å². The van der Waals surface area contributed by atoms with Crippen molar-refractivity contribution in [2.24, 2.45) is 11.3 Å². The van der Waals surface area contributed by atoms with Crippen LogP contribution in [-0.4, -0.2) is 17.9 Å². The molecule has 0 aliphatic carbocycles. The maximum absolute atomic E-state index is 12.2. The van der Waals surface area contributed by atoms with Gasteiger partial charge in [0.05, 0.1) is 0 Å². The van der Waals surface area contributed by atoms with Crippen molar-refractivity contribution in [1.82, 2.24) is 0 Å². The number of hydrogen-bond donors (Lipinski definition) is 0. The van der Waals surface area contributed by atoms with Crippen LogP contribution in [0.15, 0.2) is 0 Å². The fraction of sp³-hybridized carbons (Fsp3) is 0.933. The Kier molecular flexibility index (Phi) is 5.39. The molecule has 0 aromatic carbocycles. The number of rotatable bonds is 8. The van der Waals surface area contributed by atoms with Crippen molar-refractivity contribution in [2.45, 2.75) is 79.1 Å². The molecular weight excluding hydrogens is 244 g/mol. The van der Waals surface area contributed by atoms with E-state index in [2.05, 4.69) is 20.8 Å². The molecule has 0 bridgehead atoms. The van der Waals surface area contributed by atoms with Crippen molar-refractivity contribution in [3.8, 4) is 0 Å². The van der Waals surface area contributed by atoms with Gasteiger partial charge < -0.3 is 4.74 Å². The van der Waals surface area contributed by atoms with E-state index in [1.807, 2.05) is 6.92 Å². The first-order valence-corrected chi connectivity index (χ1v) is 7.27. The molecule has 112 valence electrons. The minimum atomic E-state index is -0.742. The predicted octanol–water partition coefficient (Wildman–Crippen LogP) is 3.84. The van der Waals surface area contributed by atoms with E-state index in [4.69, 9.17) is 14.5 Å². The van der Waals surface area contributed by atoms with E-state index in [1.165, 1.54) is 0 Å². The lowest BCUT2D eigenvalue weighted by Crippen LogP contribution is -2.40. The SMILES string of the molecule is CCC(C)(CCCC(C)C)OC(=O)C(C)(C)C1OO1. The van der Waals surface area contributed by atoms with Crippen LogP contribution in [-0.2, 0) is 19.3 Å². The summed E-state index contributed by atoms with van der Waals surface area (Å²) in [5, 5.41) is 0. The number of carbonyl (C=O) groups excluding carboxylic acids is 1. The van der Waals surface area contributed by atoms with Crippen molar-refractivity contribution in [3.05, 3.63) is 0 Å². The summed E-state index contributed by atoms with van der Waals surface area (Å²) in [6.45, 7) is 12.1. The molecule has 4 heteroatoms. The molecule has 19 heavy (non-hydrogen) atoms. The minimum absolute atomic E-state index is 0.246. The molecular formula is C15H28O4. The second-order valence-corrected chi connectivity index (χ2v) is 6.73. The Hall–Kier alpha value is -0.610. The van der Waals surface area contributed by atoms with Gasteiger partial charge in [-0.2, -0.15) is 9.78 Å². The molecule has 0 radical (unpaired) electrons. The Balaban J connectivity index is 2.51. The van der Waals surface area contributed by atoms with Gasteiger partial charge in [-0.15, -0.1) is 0 Å². The van der Waals surface area contributed by atoms with Gasteiger partial charge in [0.25, 0.3) is 0 Å². The van der Waals surface area contributed by atoms with Crippen LogP contribution in [0.5, 0.6) is 0 Å². The summed E-state index contributed by atoms with van der Waals surface area (Å²) in [5.74, 6) is 0.436. The molecule has 0 saturated carbocycles. The van der Waals surface area contributed by atoms with Crippen LogP contribution in [0.1, 0.15) is 67.2 Å². The Morgan fingerprint density at radius 2 is 1.84 bits per heavy atom. The first kappa shape index (κ1) is 16.4. The van der Waals surface area contributed by atoms with E-state index in [1.54, 1.807) is 13.8 Å². The largest absolute Gasteiger partial charge is 0.459 e. The molecule has 1 rings (SSSR count). The highest BCUT2D eigenvalue weighted by Crippen LogP contribution is 2.37. The van der Waals surface area contributed by atoms with Crippen molar-refractivity contribution >= 4 is 5.97 Å². The second-order valence-electron chi connectivity index (χ2n) is 6.73. The quantitative estimate of drug-likeness (QED) is 0.383. The Morgan fingerprint density at radius 3 is 2.26 bits per heavy atom. The molecule has 1 unspecified atom stereocenters. The summed E-state index contributed by atoms with van der Waals surface area (Å²) >= 11 is 0. The zero-order valence-electron chi connectivity index (χ0n) is 13.1. The monoisotopic (exact) mass is 272 g/mol. The van der Waals surface area contributed by atoms with Gasteiger partial charge in [-0.05, 0) is 46.0 Å². The van der Waals surface area contributed by atoms with Crippen LogP contribution in [0.25, 0.3) is 0 Å². The van der Waals surface area contributed by atoms with Gasteiger partial charge in [-0.25, -0.2) is 0 Å². The fourth-order valence-corrected chi connectivity index (χ4v) is 1.90. The summed E-state index contributed by atoms with van der Waals surface area (Å²) in [4.78, 5) is 21.7. The Morgan fingerprint density at radius 1 is 1.26 bits per heavy atom. The van der Waals surface area contributed by atoms with Gasteiger partial charge in [0, 0.05) is 0 Å². The number of carbonyl (C=O) groups is 1. The van der Waals surface area contributed by atoms with Gasteiger partial charge >= 0.3 is 5.97 Å². The predicted molar refractivity (Wildman–Crippen MR) is 73.2 cm³/mol. The number of esters is 1. The third-order valence-electron chi connectivity index (χ3n) is 3.88. The van der Waals surface area contributed by atoms with Crippen LogP contribution in [0.3, 0.4) is 0 Å². The second kappa shape index (κ2) is 6.23. The average Bonchev–Trinajstić information content (AvgIpc) is 3.12. The van der Waals surface area contributed by atoms with Crippen molar-refractivity contribution < 1.29 is 19.3 Å². The first-order valence-electron chi connectivity index (χ1n) is 7.27. The molecule has 0 aromatic rings. The van der Waals surface area contributed by atoms with Gasteiger partial charge in [0.2, 0.25) is 6.29 Å². The Bertz CT molecular complexity index is 307. The zero-order valence-corrected chi connectivity index (χ0v) is 13.1. The smallest absolute Gasteiger partial charge is 0.317 e. The molecule has 1 aliphatic heterocycles. The normalized spacial score (nSPS) is 19.3. The number of ether oxygens (including phenoxy) is 1. The molecule has 1 atom stereocenters. The maximum Gasteiger partial charge on any atom is 0.317 e. The zero-order chi connectivity index (χ0) is 14.7. The highest BCUT2D eigenvalue weighted by atomic mass is 17.4. The molecule has 1 fully saturated rings. The summed E-state index contributed by atoms with van der Waals surface area (Å²) in [7, 11) is 0. The van der Waals surface area contributed by atoms with E-state index in [9.17, 15) is 4.79 Å². The molecule has 0 N–H and O–H groups in total. The first-order chi connectivity index (χ1) is 8.71. The molecule has 1 heterocycles. The van der Waals surface area contributed by atoms with E-state index >= 15 is 0 Å². The van der Waals surface area contributed by atoms with Crippen molar-refractivity contribution in [2.75, 3.05) is 0 Å². The molecule has 0 spiro atoms. The van der Waals surface area contributed by atoms with E-state index in [-0.39, 0.29) is 5.97 Å². The third kappa shape index (κ3) is 4.77. The summed E-state index contributed by atoms with van der Waals surface area (Å²) in [6.07, 6.45) is 3.49. The third-order valence-corrected chi connectivity index (χ3v) is 3.88. The van der Waals surface area contributed by atoms with Crippen LogP contribution in [0.4, 0.5) is 0 Å². The average molecular weight is 272 g/mol. The summed E-state index contributed by atoms with van der Waals surface area (Å²) < 4.78 is 5.74. The highest BCUT2D eigenvalue weighted by Gasteiger charge is 2.51. The van der Waals surface area contributed by atoms with Gasteiger partial charge in [0.15, 0.2) is 0 Å². The maximum atomic E-state index is 12.2. The minimum Gasteiger partial charge on any atom is -0.459 e. The summed E-state index contributed by atoms with van der Waals surface area (Å²) in [5.41, 5.74) is -1.13. The molecule has 0 aromatic heterocycles. The lowest BCUT2D eigenvalue weighted by Gasteiger charge is -2.32. The van der Waals surface area contributed by atoms with Crippen LogP contribution in [0.2, 0.25) is 0 Å². The highest BCUT2D eigenvalue weighted by molar-refractivity contribution is 5.77. The van der Waals surface area contributed by atoms with E-state index in [0.29, 0.717) is 5.92 Å². The van der Waals surface area contributed by atoms with Crippen LogP contribution in [0, 0.1) is 11.3 Å².